The first-order valence-corrected chi connectivity index (χ1v) is 7.76. The topological polar surface area (TPSA) is 98.2 Å². The van der Waals surface area contributed by atoms with E-state index in [1.54, 1.807) is 18.2 Å². The van der Waals surface area contributed by atoms with Gasteiger partial charge in [0, 0.05) is 12.6 Å². The molecule has 0 unspecified atom stereocenters. The molecule has 0 fully saturated rings. The van der Waals surface area contributed by atoms with E-state index in [9.17, 15) is 8.42 Å². The number of nitrogens with zero attached hydrogens (tertiary/aromatic N) is 1. The fraction of sp³-hybridized carbons (Fsp3) is 0.308. The van der Waals surface area contributed by atoms with Gasteiger partial charge in [-0.25, -0.2) is 13.1 Å². The Kier molecular flexibility index (Phi) is 4.53. The molecule has 108 valence electrons. The monoisotopic (exact) mass is 295 g/mol. The molecular weight excluding hydrogens is 278 g/mol. The van der Waals surface area contributed by atoms with Crippen LogP contribution in [0.25, 0.3) is 0 Å². The highest BCUT2D eigenvalue weighted by atomic mass is 32.2. The first kappa shape index (κ1) is 14.7. The van der Waals surface area contributed by atoms with Crippen LogP contribution in [0, 0.1) is 0 Å². The summed E-state index contributed by atoms with van der Waals surface area (Å²) >= 11 is 0. The first-order valence-electron chi connectivity index (χ1n) is 6.27. The van der Waals surface area contributed by atoms with E-state index in [2.05, 4.69) is 14.4 Å². The summed E-state index contributed by atoms with van der Waals surface area (Å²) in [5.74, 6) is 0. The molecule has 20 heavy (non-hydrogen) atoms. The molecule has 1 aromatic carbocycles. The smallest absolute Gasteiger partial charge is 0.241 e. The molecule has 0 bridgehead atoms. The zero-order chi connectivity index (χ0) is 14.6. The quantitative estimate of drug-likeness (QED) is 0.833. The van der Waals surface area contributed by atoms with Crippen LogP contribution in [0.2, 0.25) is 0 Å². The molecule has 6 nitrogen and oxygen atoms in total. The van der Waals surface area contributed by atoms with Gasteiger partial charge in [0.1, 0.15) is 6.26 Å². The first-order chi connectivity index (χ1) is 9.56. The molecule has 2 rings (SSSR count). The van der Waals surface area contributed by atoms with Crippen LogP contribution in [0.5, 0.6) is 0 Å². The molecule has 1 heterocycles. The Labute approximate surface area is 118 Å². The van der Waals surface area contributed by atoms with E-state index in [0.29, 0.717) is 18.7 Å². The minimum Gasteiger partial charge on any atom is -0.364 e. The van der Waals surface area contributed by atoms with Crippen molar-refractivity contribution in [3.63, 3.8) is 0 Å². The summed E-state index contributed by atoms with van der Waals surface area (Å²) in [4.78, 5) is 0.270. The second kappa shape index (κ2) is 6.17. The number of hydrogen-bond acceptors (Lipinski definition) is 5. The number of sulfonamides is 1. The van der Waals surface area contributed by atoms with Crippen LogP contribution in [0.4, 0.5) is 0 Å². The van der Waals surface area contributed by atoms with E-state index in [0.717, 1.165) is 11.1 Å². The highest BCUT2D eigenvalue weighted by Gasteiger charge is 2.18. The number of nitrogens with one attached hydrogen (secondary N) is 1. The second-order valence-corrected chi connectivity index (χ2v) is 6.05. The maximum Gasteiger partial charge on any atom is 0.241 e. The lowest BCUT2D eigenvalue weighted by atomic mass is 10.1. The molecule has 0 aliphatic carbocycles. The van der Waals surface area contributed by atoms with E-state index in [1.807, 2.05) is 13.0 Å². The van der Waals surface area contributed by atoms with Crippen molar-refractivity contribution in [2.24, 2.45) is 5.73 Å². The maximum atomic E-state index is 12.4. The maximum absolute atomic E-state index is 12.4. The van der Waals surface area contributed by atoms with Crippen LogP contribution in [-0.4, -0.2) is 13.6 Å². The highest BCUT2D eigenvalue weighted by Crippen LogP contribution is 2.18. The second-order valence-electron chi connectivity index (χ2n) is 4.32. The molecule has 0 saturated heterocycles. The molecule has 0 saturated carbocycles. The third-order valence-electron chi connectivity index (χ3n) is 2.97. The molecular formula is C13H17N3O3S. The van der Waals surface area contributed by atoms with Crippen molar-refractivity contribution in [1.29, 1.82) is 0 Å². The average Bonchev–Trinajstić information content (AvgIpc) is 2.98. The third kappa shape index (κ3) is 3.24. The lowest BCUT2D eigenvalue weighted by Gasteiger charge is -2.11. The zero-order valence-corrected chi connectivity index (χ0v) is 12.0. The largest absolute Gasteiger partial charge is 0.364 e. The van der Waals surface area contributed by atoms with Crippen molar-refractivity contribution in [2.45, 2.75) is 31.3 Å². The number of aromatic nitrogens is 1. The van der Waals surface area contributed by atoms with Crippen molar-refractivity contribution in [3.05, 3.63) is 47.3 Å². The van der Waals surface area contributed by atoms with Crippen LogP contribution < -0.4 is 10.5 Å². The lowest BCUT2D eigenvalue weighted by molar-refractivity contribution is 0.411. The standard InChI is InChI=1S/C13H17N3O3S/c1-2-11-4-3-10(8-14)7-13(11)20(17,18)15-9-12-5-6-19-16-12/h3-7,15H,2,8-9,14H2,1H3. The Morgan fingerprint density at radius 1 is 1.35 bits per heavy atom. The van der Waals surface area contributed by atoms with E-state index < -0.39 is 10.0 Å². The molecule has 0 radical (unpaired) electrons. The van der Waals surface area contributed by atoms with Crippen LogP contribution >= 0.6 is 0 Å². The van der Waals surface area contributed by atoms with Gasteiger partial charge in [0.2, 0.25) is 10.0 Å². The number of aryl methyl sites for hydroxylation is 1. The van der Waals surface area contributed by atoms with E-state index in [4.69, 9.17) is 5.73 Å². The number of rotatable bonds is 6. The van der Waals surface area contributed by atoms with Gasteiger partial charge >= 0.3 is 0 Å². The van der Waals surface area contributed by atoms with Crippen LogP contribution in [0.15, 0.2) is 39.9 Å². The molecule has 0 amide bonds. The zero-order valence-electron chi connectivity index (χ0n) is 11.2. The van der Waals surface area contributed by atoms with Gasteiger partial charge in [0.05, 0.1) is 17.1 Å². The van der Waals surface area contributed by atoms with Gasteiger partial charge in [0.25, 0.3) is 0 Å². The number of nitrogens with two attached hydrogens (primary N) is 1. The molecule has 0 spiro atoms. The minimum absolute atomic E-state index is 0.0921. The van der Waals surface area contributed by atoms with Gasteiger partial charge in [-0.2, -0.15) is 0 Å². The summed E-state index contributed by atoms with van der Waals surface area (Å²) in [5, 5.41) is 3.67. The predicted molar refractivity (Wildman–Crippen MR) is 74.2 cm³/mol. The molecule has 0 aliphatic heterocycles. The van der Waals surface area contributed by atoms with E-state index >= 15 is 0 Å². The van der Waals surface area contributed by atoms with Crippen LogP contribution in [-0.2, 0) is 29.5 Å². The van der Waals surface area contributed by atoms with Crippen molar-refractivity contribution >= 4 is 10.0 Å². The molecule has 0 atom stereocenters. The van der Waals surface area contributed by atoms with Crippen molar-refractivity contribution < 1.29 is 12.9 Å². The van der Waals surface area contributed by atoms with Crippen molar-refractivity contribution in [3.8, 4) is 0 Å². The molecule has 0 aliphatic rings. The van der Waals surface area contributed by atoms with Crippen LogP contribution in [0.3, 0.4) is 0 Å². The van der Waals surface area contributed by atoms with Crippen molar-refractivity contribution in [1.82, 2.24) is 9.88 Å². The van der Waals surface area contributed by atoms with Gasteiger partial charge < -0.3 is 10.3 Å². The van der Waals surface area contributed by atoms with Gasteiger partial charge in [0.15, 0.2) is 0 Å². The summed E-state index contributed by atoms with van der Waals surface area (Å²) in [6, 6.07) is 6.87. The third-order valence-corrected chi connectivity index (χ3v) is 4.46. The minimum atomic E-state index is -3.60. The fourth-order valence-electron chi connectivity index (χ4n) is 1.84. The fourth-order valence-corrected chi connectivity index (χ4v) is 3.20. The van der Waals surface area contributed by atoms with Gasteiger partial charge in [-0.3, -0.25) is 0 Å². The lowest BCUT2D eigenvalue weighted by Crippen LogP contribution is -2.24. The van der Waals surface area contributed by atoms with Crippen LogP contribution in [0.1, 0.15) is 23.7 Å². The Morgan fingerprint density at radius 3 is 2.75 bits per heavy atom. The normalized spacial score (nSPS) is 11.7. The SMILES string of the molecule is CCc1ccc(CN)cc1S(=O)(=O)NCc1ccon1. The average molecular weight is 295 g/mol. The van der Waals surface area contributed by atoms with E-state index in [-0.39, 0.29) is 11.4 Å². The number of benzene rings is 1. The summed E-state index contributed by atoms with van der Waals surface area (Å²) in [7, 11) is -3.60. The predicted octanol–water partition coefficient (Wildman–Crippen LogP) is 1.17. The van der Waals surface area contributed by atoms with Crippen molar-refractivity contribution in [2.75, 3.05) is 0 Å². The molecule has 1 aromatic heterocycles. The van der Waals surface area contributed by atoms with Gasteiger partial charge in [-0.15, -0.1) is 0 Å². The summed E-state index contributed by atoms with van der Waals surface area (Å²) in [6.07, 6.45) is 2.03. The molecule has 7 heteroatoms. The number of hydrogen-bond donors (Lipinski definition) is 2. The van der Waals surface area contributed by atoms with Gasteiger partial charge in [-0.05, 0) is 23.6 Å². The molecule has 2 aromatic rings. The van der Waals surface area contributed by atoms with E-state index in [1.165, 1.54) is 6.26 Å². The summed E-state index contributed by atoms with van der Waals surface area (Å²) < 4.78 is 31.9. The summed E-state index contributed by atoms with van der Waals surface area (Å²) in [6.45, 7) is 2.30. The highest BCUT2D eigenvalue weighted by molar-refractivity contribution is 7.89. The van der Waals surface area contributed by atoms with Gasteiger partial charge in [-0.1, -0.05) is 24.2 Å². The Morgan fingerprint density at radius 2 is 2.15 bits per heavy atom. The Bertz CT molecular complexity index is 666. The molecule has 3 N–H and O–H groups in total. The Hall–Kier alpha value is -1.70. The Balaban J connectivity index is 2.28. The summed E-state index contributed by atoms with van der Waals surface area (Å²) in [5.41, 5.74) is 7.64.